The summed E-state index contributed by atoms with van der Waals surface area (Å²) in [6, 6.07) is 0. The van der Waals surface area contributed by atoms with Gasteiger partial charge in [0.05, 0.1) is 19.8 Å². The Morgan fingerprint density at radius 3 is 2.30 bits per heavy atom. The van der Waals surface area contributed by atoms with E-state index in [-0.39, 0.29) is 24.0 Å². The zero-order chi connectivity index (χ0) is 16.0. The van der Waals surface area contributed by atoms with Gasteiger partial charge in [-0.25, -0.2) is 0 Å². The Bertz CT molecular complexity index is 368. The molecule has 0 aromatic rings. The molecule has 2 saturated heterocycles. The van der Waals surface area contributed by atoms with Gasteiger partial charge in [0.1, 0.15) is 0 Å². The molecule has 0 spiro atoms. The maximum atomic E-state index is 12.3. The maximum Gasteiger partial charge on any atom is 0.401 e. The van der Waals surface area contributed by atoms with E-state index in [9.17, 15) is 13.2 Å². The van der Waals surface area contributed by atoms with E-state index in [0.717, 1.165) is 32.4 Å². The van der Waals surface area contributed by atoms with E-state index >= 15 is 0 Å². The Hall–Kier alpha value is -0.290. The van der Waals surface area contributed by atoms with E-state index in [0.29, 0.717) is 44.7 Å². The summed E-state index contributed by atoms with van der Waals surface area (Å²) in [4.78, 5) is 7.89. The molecule has 2 heterocycles. The first-order valence-corrected chi connectivity index (χ1v) is 7.86. The van der Waals surface area contributed by atoms with Gasteiger partial charge in [-0.1, -0.05) is 0 Å². The summed E-state index contributed by atoms with van der Waals surface area (Å²) >= 11 is 0. The quantitative estimate of drug-likeness (QED) is 0.404. The van der Waals surface area contributed by atoms with Crippen molar-refractivity contribution >= 4 is 29.9 Å². The van der Waals surface area contributed by atoms with Crippen molar-refractivity contribution in [2.75, 3.05) is 52.5 Å². The van der Waals surface area contributed by atoms with Gasteiger partial charge in [0.15, 0.2) is 5.96 Å². The molecule has 2 N–H and O–H groups in total. The van der Waals surface area contributed by atoms with Crippen LogP contribution in [0.25, 0.3) is 0 Å². The van der Waals surface area contributed by atoms with Crippen LogP contribution in [0.5, 0.6) is 0 Å². The van der Waals surface area contributed by atoms with Crippen LogP contribution >= 0.6 is 24.0 Å². The number of likely N-dealkylation sites (tertiary alicyclic amines) is 1. The topological polar surface area (TPSA) is 54.1 Å². The number of aliphatic imine (C=N–C) groups is 1. The number of morpholine rings is 1. The van der Waals surface area contributed by atoms with Crippen molar-refractivity contribution in [1.29, 1.82) is 0 Å². The van der Waals surface area contributed by atoms with Gasteiger partial charge in [-0.15, -0.1) is 24.0 Å². The molecule has 23 heavy (non-hydrogen) atoms. The van der Waals surface area contributed by atoms with Crippen molar-refractivity contribution in [1.82, 2.24) is 9.80 Å². The molecule has 2 aliphatic heterocycles. The number of halogens is 4. The standard InChI is InChI=1S/C14H25F3N4O.HI/c15-14(16,17)11-20-5-2-12(3-6-20)1-4-19-13(18)21-7-9-22-10-8-21;/h12H,1-11H2,(H2,18,19);1H. The third-order valence-electron chi connectivity index (χ3n) is 4.26. The van der Waals surface area contributed by atoms with Crippen molar-refractivity contribution in [2.45, 2.75) is 25.4 Å². The fourth-order valence-corrected chi connectivity index (χ4v) is 2.94. The van der Waals surface area contributed by atoms with Crippen molar-refractivity contribution in [2.24, 2.45) is 16.6 Å². The Kier molecular flexibility index (Phi) is 8.91. The van der Waals surface area contributed by atoms with Crippen molar-refractivity contribution in [3.05, 3.63) is 0 Å². The minimum atomic E-state index is -4.09. The van der Waals surface area contributed by atoms with Gasteiger partial charge in [-0.2, -0.15) is 13.2 Å². The fourth-order valence-electron chi connectivity index (χ4n) is 2.94. The van der Waals surface area contributed by atoms with Crippen LogP contribution in [0.4, 0.5) is 13.2 Å². The minimum absolute atomic E-state index is 0. The largest absolute Gasteiger partial charge is 0.401 e. The van der Waals surface area contributed by atoms with Crippen LogP contribution in [0.15, 0.2) is 4.99 Å². The third kappa shape index (κ3) is 7.88. The molecule has 0 unspecified atom stereocenters. The number of rotatable bonds is 4. The third-order valence-corrected chi connectivity index (χ3v) is 4.26. The molecule has 0 aromatic heterocycles. The highest BCUT2D eigenvalue weighted by Crippen LogP contribution is 2.24. The number of hydrogen-bond donors (Lipinski definition) is 1. The number of guanidine groups is 1. The summed E-state index contributed by atoms with van der Waals surface area (Å²) < 4.78 is 42.2. The Balaban J connectivity index is 0.00000264. The monoisotopic (exact) mass is 450 g/mol. The number of ether oxygens (including phenoxy) is 1. The Morgan fingerprint density at radius 1 is 1.13 bits per heavy atom. The molecule has 0 aliphatic carbocycles. The van der Waals surface area contributed by atoms with Crippen LogP contribution in [0.3, 0.4) is 0 Å². The number of alkyl halides is 3. The van der Waals surface area contributed by atoms with Crippen molar-refractivity contribution in [3.8, 4) is 0 Å². The number of hydrogen-bond acceptors (Lipinski definition) is 3. The van der Waals surface area contributed by atoms with E-state index in [1.165, 1.54) is 4.90 Å². The number of nitrogens with two attached hydrogens (primary N) is 1. The maximum absolute atomic E-state index is 12.3. The van der Waals surface area contributed by atoms with Crippen LogP contribution in [0.1, 0.15) is 19.3 Å². The molecule has 0 aromatic carbocycles. The highest BCUT2D eigenvalue weighted by molar-refractivity contribution is 14.0. The van der Waals surface area contributed by atoms with Crippen LogP contribution in [-0.4, -0.2) is 74.4 Å². The molecule has 2 rings (SSSR count). The van der Waals surface area contributed by atoms with Crippen molar-refractivity contribution in [3.63, 3.8) is 0 Å². The first kappa shape index (κ1) is 20.8. The van der Waals surface area contributed by atoms with Crippen LogP contribution in [0.2, 0.25) is 0 Å². The van der Waals surface area contributed by atoms with Gasteiger partial charge in [-0.05, 0) is 38.3 Å². The zero-order valence-corrected chi connectivity index (χ0v) is 15.6. The smallest absolute Gasteiger partial charge is 0.378 e. The summed E-state index contributed by atoms with van der Waals surface area (Å²) in [5.41, 5.74) is 5.94. The highest BCUT2D eigenvalue weighted by atomic mass is 127. The van der Waals surface area contributed by atoms with E-state index < -0.39 is 12.7 Å². The van der Waals surface area contributed by atoms with E-state index in [1.807, 2.05) is 4.90 Å². The molecule has 0 bridgehead atoms. The first-order valence-electron chi connectivity index (χ1n) is 7.86. The molecule has 0 saturated carbocycles. The predicted octanol–water partition coefficient (Wildman–Crippen LogP) is 1.92. The minimum Gasteiger partial charge on any atom is -0.378 e. The molecular weight excluding hydrogens is 424 g/mol. The molecule has 0 atom stereocenters. The first-order chi connectivity index (χ1) is 10.4. The molecule has 136 valence electrons. The lowest BCUT2D eigenvalue weighted by atomic mass is 9.93. The van der Waals surface area contributed by atoms with E-state index in [4.69, 9.17) is 10.5 Å². The second-order valence-electron chi connectivity index (χ2n) is 5.96. The lowest BCUT2D eigenvalue weighted by molar-refractivity contribution is -0.148. The fraction of sp³-hybridized carbons (Fsp3) is 0.929. The predicted molar refractivity (Wildman–Crippen MR) is 94.1 cm³/mol. The molecule has 0 amide bonds. The lowest BCUT2D eigenvalue weighted by Crippen LogP contribution is -2.45. The average Bonchev–Trinajstić information content (AvgIpc) is 2.48. The molecule has 9 heteroatoms. The average molecular weight is 450 g/mol. The second kappa shape index (κ2) is 9.87. The number of nitrogens with zero attached hydrogens (tertiary/aromatic N) is 3. The van der Waals surface area contributed by atoms with E-state index in [2.05, 4.69) is 4.99 Å². The van der Waals surface area contributed by atoms with Gasteiger partial charge in [0.2, 0.25) is 0 Å². The molecular formula is C14H26F3IN4O. The summed E-state index contributed by atoms with van der Waals surface area (Å²) in [6.45, 7) is 3.78. The highest BCUT2D eigenvalue weighted by Gasteiger charge is 2.32. The number of piperidine rings is 1. The molecule has 2 fully saturated rings. The second-order valence-corrected chi connectivity index (χ2v) is 5.96. The van der Waals surface area contributed by atoms with E-state index in [1.54, 1.807) is 0 Å². The zero-order valence-electron chi connectivity index (χ0n) is 13.2. The summed E-state index contributed by atoms with van der Waals surface area (Å²) in [7, 11) is 0. The summed E-state index contributed by atoms with van der Waals surface area (Å²) in [5, 5.41) is 0. The van der Waals surface area contributed by atoms with Crippen molar-refractivity contribution < 1.29 is 17.9 Å². The Labute approximate surface area is 152 Å². The van der Waals surface area contributed by atoms with Crippen LogP contribution in [-0.2, 0) is 4.74 Å². The van der Waals surface area contributed by atoms with Crippen LogP contribution in [0, 0.1) is 5.92 Å². The van der Waals surface area contributed by atoms with Gasteiger partial charge < -0.3 is 15.4 Å². The normalized spacial score (nSPS) is 22.0. The van der Waals surface area contributed by atoms with Gasteiger partial charge in [-0.3, -0.25) is 9.89 Å². The molecule has 5 nitrogen and oxygen atoms in total. The molecule has 2 aliphatic rings. The van der Waals surface area contributed by atoms with Gasteiger partial charge >= 0.3 is 6.18 Å². The Morgan fingerprint density at radius 2 is 1.74 bits per heavy atom. The van der Waals surface area contributed by atoms with Gasteiger partial charge in [0.25, 0.3) is 0 Å². The lowest BCUT2D eigenvalue weighted by Gasteiger charge is -2.32. The van der Waals surface area contributed by atoms with Gasteiger partial charge in [0, 0.05) is 19.6 Å². The summed E-state index contributed by atoms with van der Waals surface area (Å²) in [6.07, 6.45) is -1.58. The molecule has 0 radical (unpaired) electrons. The van der Waals surface area contributed by atoms with Crippen LogP contribution < -0.4 is 5.73 Å². The summed E-state index contributed by atoms with van der Waals surface area (Å²) in [5.74, 6) is 1.00. The SMILES string of the molecule is I.NC(=NCCC1CCN(CC(F)(F)F)CC1)N1CCOCC1.